The zero-order valence-electron chi connectivity index (χ0n) is 15.6. The Labute approximate surface area is 159 Å². The first-order valence-corrected chi connectivity index (χ1v) is 10.1. The SMILES string of the molecule is CCNC(=O)C(=O)NC[C@@H]1OCCCN1S(=O)(=O)c1ccc(OC)c(C)c1. The van der Waals surface area contributed by atoms with E-state index in [0.29, 0.717) is 30.9 Å². The largest absolute Gasteiger partial charge is 0.496 e. The number of nitrogens with one attached hydrogen (secondary N) is 2. The first-order chi connectivity index (χ1) is 12.8. The summed E-state index contributed by atoms with van der Waals surface area (Å²) >= 11 is 0. The first kappa shape index (κ1) is 21.1. The summed E-state index contributed by atoms with van der Waals surface area (Å²) in [5.41, 5.74) is 0.692. The highest BCUT2D eigenvalue weighted by atomic mass is 32.2. The molecule has 10 heteroatoms. The highest BCUT2D eigenvalue weighted by molar-refractivity contribution is 7.89. The van der Waals surface area contributed by atoms with Crippen molar-refractivity contribution < 1.29 is 27.5 Å². The Kier molecular flexibility index (Phi) is 7.17. The van der Waals surface area contributed by atoms with E-state index in [1.165, 1.54) is 23.5 Å². The lowest BCUT2D eigenvalue weighted by Gasteiger charge is -2.34. The van der Waals surface area contributed by atoms with E-state index in [2.05, 4.69) is 10.6 Å². The molecule has 0 bridgehead atoms. The van der Waals surface area contributed by atoms with Gasteiger partial charge in [-0.05, 0) is 44.0 Å². The van der Waals surface area contributed by atoms with Crippen molar-refractivity contribution in [3.05, 3.63) is 23.8 Å². The Balaban J connectivity index is 2.16. The summed E-state index contributed by atoms with van der Waals surface area (Å²) in [5, 5.41) is 4.80. The van der Waals surface area contributed by atoms with Gasteiger partial charge in [0.1, 0.15) is 12.0 Å². The molecule has 0 saturated carbocycles. The average molecular weight is 399 g/mol. The van der Waals surface area contributed by atoms with Crippen molar-refractivity contribution in [2.24, 2.45) is 0 Å². The van der Waals surface area contributed by atoms with Crippen molar-refractivity contribution in [3.8, 4) is 5.75 Å². The summed E-state index contributed by atoms with van der Waals surface area (Å²) in [6, 6.07) is 4.60. The van der Waals surface area contributed by atoms with E-state index >= 15 is 0 Å². The standard InChI is InChI=1S/C17H25N3O6S/c1-4-18-16(21)17(22)19-11-15-20(8-5-9-26-15)27(23,24)13-6-7-14(25-3)12(2)10-13/h6-7,10,15H,4-5,8-9,11H2,1-3H3,(H,18,21)(H,19,22)/t15-/m0/s1. The monoisotopic (exact) mass is 399 g/mol. The summed E-state index contributed by atoms with van der Waals surface area (Å²) in [5.74, 6) is -1.01. The van der Waals surface area contributed by atoms with E-state index in [4.69, 9.17) is 9.47 Å². The maximum Gasteiger partial charge on any atom is 0.309 e. The van der Waals surface area contributed by atoms with Crippen LogP contribution in [0.5, 0.6) is 5.75 Å². The van der Waals surface area contributed by atoms with Gasteiger partial charge < -0.3 is 20.1 Å². The lowest BCUT2D eigenvalue weighted by atomic mass is 10.2. The quantitative estimate of drug-likeness (QED) is 0.651. The van der Waals surface area contributed by atoms with Crippen molar-refractivity contribution in [2.75, 3.05) is 33.4 Å². The second kappa shape index (κ2) is 9.16. The molecule has 1 aliphatic rings. The normalized spacial score (nSPS) is 18.0. The minimum Gasteiger partial charge on any atom is -0.496 e. The van der Waals surface area contributed by atoms with E-state index < -0.39 is 28.1 Å². The zero-order valence-corrected chi connectivity index (χ0v) is 16.5. The van der Waals surface area contributed by atoms with Crippen LogP contribution in [0.2, 0.25) is 0 Å². The lowest BCUT2D eigenvalue weighted by molar-refractivity contribution is -0.140. The number of benzene rings is 1. The third-order valence-electron chi connectivity index (χ3n) is 4.11. The fraction of sp³-hybridized carbons (Fsp3) is 0.529. The zero-order chi connectivity index (χ0) is 20.0. The number of amides is 2. The molecular weight excluding hydrogens is 374 g/mol. The number of rotatable bonds is 6. The van der Waals surface area contributed by atoms with Gasteiger partial charge in [0, 0.05) is 13.1 Å². The molecule has 1 saturated heterocycles. The van der Waals surface area contributed by atoms with Crippen molar-refractivity contribution in [1.29, 1.82) is 0 Å². The van der Waals surface area contributed by atoms with Crippen LogP contribution in [0, 0.1) is 6.92 Å². The Morgan fingerprint density at radius 2 is 2.00 bits per heavy atom. The van der Waals surface area contributed by atoms with Gasteiger partial charge in [-0.3, -0.25) is 9.59 Å². The minimum absolute atomic E-state index is 0.117. The number of carbonyl (C=O) groups excluding carboxylic acids is 2. The molecule has 1 heterocycles. The van der Waals surface area contributed by atoms with Gasteiger partial charge in [-0.15, -0.1) is 0 Å². The third-order valence-corrected chi connectivity index (χ3v) is 5.99. The molecule has 2 rings (SSSR count). The van der Waals surface area contributed by atoms with Gasteiger partial charge in [0.15, 0.2) is 0 Å². The van der Waals surface area contributed by atoms with Crippen LogP contribution in [-0.4, -0.2) is 64.1 Å². The van der Waals surface area contributed by atoms with Gasteiger partial charge in [0.25, 0.3) is 0 Å². The van der Waals surface area contributed by atoms with Crippen LogP contribution in [0.1, 0.15) is 18.9 Å². The number of sulfonamides is 1. The Bertz CT molecular complexity index is 796. The Morgan fingerprint density at radius 1 is 1.30 bits per heavy atom. The molecule has 1 fully saturated rings. The maximum absolute atomic E-state index is 13.0. The van der Waals surface area contributed by atoms with Crippen molar-refractivity contribution in [2.45, 2.75) is 31.4 Å². The predicted octanol–water partition coefficient (Wildman–Crippen LogP) is -0.00698. The number of ether oxygens (including phenoxy) is 2. The number of methoxy groups -OCH3 is 1. The van der Waals surface area contributed by atoms with Crippen LogP contribution in [-0.2, 0) is 24.3 Å². The molecule has 27 heavy (non-hydrogen) atoms. The minimum atomic E-state index is -3.84. The van der Waals surface area contributed by atoms with Crippen LogP contribution in [0.4, 0.5) is 0 Å². The Hall–Kier alpha value is -2.17. The van der Waals surface area contributed by atoms with E-state index in [-0.39, 0.29) is 18.0 Å². The molecule has 9 nitrogen and oxygen atoms in total. The maximum atomic E-state index is 13.0. The predicted molar refractivity (Wildman–Crippen MR) is 97.7 cm³/mol. The smallest absolute Gasteiger partial charge is 0.309 e. The number of hydrogen-bond acceptors (Lipinski definition) is 6. The van der Waals surface area contributed by atoms with E-state index in [9.17, 15) is 18.0 Å². The van der Waals surface area contributed by atoms with E-state index in [1.807, 2.05) is 0 Å². The van der Waals surface area contributed by atoms with Crippen molar-refractivity contribution >= 4 is 21.8 Å². The molecule has 2 N–H and O–H groups in total. The molecule has 0 aromatic heterocycles. The third kappa shape index (κ3) is 4.96. The summed E-state index contributed by atoms with van der Waals surface area (Å²) in [6.07, 6.45) is -0.348. The second-order valence-electron chi connectivity index (χ2n) is 6.00. The average Bonchev–Trinajstić information content (AvgIpc) is 2.66. The molecule has 150 valence electrons. The highest BCUT2D eigenvalue weighted by Gasteiger charge is 2.35. The van der Waals surface area contributed by atoms with Gasteiger partial charge >= 0.3 is 11.8 Å². The van der Waals surface area contributed by atoms with Gasteiger partial charge in [-0.25, -0.2) is 8.42 Å². The fourth-order valence-corrected chi connectivity index (χ4v) is 4.40. The lowest BCUT2D eigenvalue weighted by Crippen LogP contribution is -2.53. The van der Waals surface area contributed by atoms with Crippen molar-refractivity contribution in [1.82, 2.24) is 14.9 Å². The number of aryl methyl sites for hydroxylation is 1. The summed E-state index contributed by atoms with van der Waals surface area (Å²) < 4.78 is 38.0. The topological polar surface area (TPSA) is 114 Å². The Morgan fingerprint density at radius 3 is 2.63 bits per heavy atom. The van der Waals surface area contributed by atoms with Crippen LogP contribution in [0.25, 0.3) is 0 Å². The number of likely N-dealkylation sites (N-methyl/N-ethyl adjacent to an activating group) is 1. The van der Waals surface area contributed by atoms with Crippen LogP contribution in [0.3, 0.4) is 0 Å². The van der Waals surface area contributed by atoms with E-state index in [1.54, 1.807) is 19.9 Å². The van der Waals surface area contributed by atoms with Gasteiger partial charge in [-0.1, -0.05) is 0 Å². The molecule has 0 spiro atoms. The van der Waals surface area contributed by atoms with Crippen LogP contribution < -0.4 is 15.4 Å². The number of hydrogen-bond donors (Lipinski definition) is 2. The first-order valence-electron chi connectivity index (χ1n) is 8.65. The second-order valence-corrected chi connectivity index (χ2v) is 7.89. The molecule has 0 unspecified atom stereocenters. The van der Waals surface area contributed by atoms with Gasteiger partial charge in [0.2, 0.25) is 10.0 Å². The van der Waals surface area contributed by atoms with E-state index in [0.717, 1.165) is 0 Å². The number of carbonyl (C=O) groups is 2. The molecule has 0 aliphatic carbocycles. The molecule has 1 aliphatic heterocycles. The number of nitrogens with zero attached hydrogens (tertiary/aromatic N) is 1. The van der Waals surface area contributed by atoms with Crippen LogP contribution >= 0.6 is 0 Å². The van der Waals surface area contributed by atoms with Crippen molar-refractivity contribution in [3.63, 3.8) is 0 Å². The molecular formula is C17H25N3O6S. The fourth-order valence-electron chi connectivity index (χ4n) is 2.75. The summed E-state index contributed by atoms with van der Waals surface area (Å²) in [4.78, 5) is 23.4. The van der Waals surface area contributed by atoms with Gasteiger partial charge in [-0.2, -0.15) is 4.31 Å². The van der Waals surface area contributed by atoms with Gasteiger partial charge in [0.05, 0.1) is 25.2 Å². The molecule has 1 aromatic rings. The molecule has 1 atom stereocenters. The molecule has 0 radical (unpaired) electrons. The highest BCUT2D eigenvalue weighted by Crippen LogP contribution is 2.26. The van der Waals surface area contributed by atoms with Crippen LogP contribution in [0.15, 0.2) is 23.1 Å². The molecule has 2 amide bonds. The summed E-state index contributed by atoms with van der Waals surface area (Å²) in [7, 11) is -2.32. The molecule has 1 aromatic carbocycles. The summed E-state index contributed by atoms with van der Waals surface area (Å²) in [6.45, 7) is 4.29.